The number of rotatable bonds is 4. The molecule has 0 unspecified atom stereocenters. The second kappa shape index (κ2) is 7.43. The molecule has 3 aliphatic rings. The lowest BCUT2D eigenvalue weighted by Gasteiger charge is -2.43. The zero-order chi connectivity index (χ0) is 18.9. The van der Waals surface area contributed by atoms with Crippen LogP contribution >= 0.6 is 0 Å². The average Bonchev–Trinajstić information content (AvgIpc) is 3.04. The number of hydrogen-bond acceptors (Lipinski definition) is 4. The minimum atomic E-state index is -0.225. The number of piperidine rings is 2. The second-order valence-corrected chi connectivity index (χ2v) is 8.29. The predicted molar refractivity (Wildman–Crippen MR) is 100 cm³/mol. The van der Waals surface area contributed by atoms with Gasteiger partial charge >= 0.3 is 0 Å². The molecule has 1 N–H and O–H groups in total. The van der Waals surface area contributed by atoms with E-state index < -0.39 is 0 Å². The van der Waals surface area contributed by atoms with E-state index in [1.807, 2.05) is 4.90 Å². The van der Waals surface area contributed by atoms with Crippen molar-refractivity contribution in [2.75, 3.05) is 19.6 Å². The minimum absolute atomic E-state index is 0.169. The summed E-state index contributed by atoms with van der Waals surface area (Å²) in [5, 5.41) is 2.38. The van der Waals surface area contributed by atoms with Crippen LogP contribution in [0.3, 0.4) is 0 Å². The molecule has 2 saturated heterocycles. The number of amides is 3. The number of likely N-dealkylation sites (tertiary alicyclic amines) is 1. The summed E-state index contributed by atoms with van der Waals surface area (Å²) in [4.78, 5) is 40.3. The van der Waals surface area contributed by atoms with Crippen LogP contribution in [0.2, 0.25) is 0 Å². The zero-order valence-corrected chi connectivity index (χ0v) is 15.7. The van der Waals surface area contributed by atoms with E-state index in [9.17, 15) is 14.4 Å². The van der Waals surface area contributed by atoms with E-state index in [0.717, 1.165) is 38.9 Å². The molecule has 0 aromatic heterocycles. The lowest BCUT2D eigenvalue weighted by atomic mass is 9.71. The van der Waals surface area contributed by atoms with Crippen LogP contribution < -0.4 is 5.32 Å². The molecule has 0 saturated carbocycles. The van der Waals surface area contributed by atoms with Crippen molar-refractivity contribution in [2.24, 2.45) is 5.41 Å². The van der Waals surface area contributed by atoms with Crippen LogP contribution in [-0.4, -0.2) is 47.2 Å². The third kappa shape index (κ3) is 4.05. The monoisotopic (exact) mass is 369 g/mol. The standard InChI is InChI=1S/C21H27N3O3/c25-18-12-21(13-19(26)22-18)7-10-24(11-8-21)20(27)6-3-9-23-14-16-4-1-2-5-17(16)15-23/h1-2,4-5H,3,6-15H2,(H,22,25,26). The van der Waals surface area contributed by atoms with Crippen molar-refractivity contribution in [3.63, 3.8) is 0 Å². The molecule has 3 heterocycles. The number of nitrogens with zero attached hydrogens (tertiary/aromatic N) is 2. The molecule has 6 nitrogen and oxygen atoms in total. The van der Waals surface area contributed by atoms with Crippen LogP contribution in [0.1, 0.15) is 49.7 Å². The first-order valence-electron chi connectivity index (χ1n) is 9.93. The highest BCUT2D eigenvalue weighted by Gasteiger charge is 2.42. The van der Waals surface area contributed by atoms with Crippen molar-refractivity contribution in [2.45, 2.75) is 51.6 Å². The van der Waals surface area contributed by atoms with Crippen molar-refractivity contribution < 1.29 is 14.4 Å². The van der Waals surface area contributed by atoms with Gasteiger partial charge < -0.3 is 4.90 Å². The lowest BCUT2D eigenvalue weighted by molar-refractivity contribution is -0.141. The van der Waals surface area contributed by atoms with Gasteiger partial charge in [0.25, 0.3) is 0 Å². The Morgan fingerprint density at radius 1 is 1.00 bits per heavy atom. The van der Waals surface area contributed by atoms with E-state index in [4.69, 9.17) is 0 Å². The molecule has 3 aliphatic heterocycles. The molecule has 0 radical (unpaired) electrons. The Morgan fingerprint density at radius 3 is 2.19 bits per heavy atom. The van der Waals surface area contributed by atoms with Crippen molar-refractivity contribution in [3.05, 3.63) is 35.4 Å². The van der Waals surface area contributed by atoms with Crippen molar-refractivity contribution in [3.8, 4) is 0 Å². The average molecular weight is 369 g/mol. The van der Waals surface area contributed by atoms with E-state index in [1.165, 1.54) is 11.1 Å². The maximum atomic E-state index is 12.6. The molecule has 3 amide bonds. The van der Waals surface area contributed by atoms with Crippen LogP contribution in [0.4, 0.5) is 0 Å². The Balaban J connectivity index is 1.20. The van der Waals surface area contributed by atoms with E-state index in [1.54, 1.807) is 0 Å². The highest BCUT2D eigenvalue weighted by molar-refractivity contribution is 5.98. The van der Waals surface area contributed by atoms with E-state index in [2.05, 4.69) is 34.5 Å². The molecule has 1 aromatic carbocycles. The maximum Gasteiger partial charge on any atom is 0.227 e. The molecule has 6 heteroatoms. The van der Waals surface area contributed by atoms with Crippen LogP contribution in [-0.2, 0) is 27.5 Å². The predicted octanol–water partition coefficient (Wildman–Crippen LogP) is 1.83. The van der Waals surface area contributed by atoms with Gasteiger partial charge in [0.05, 0.1) is 0 Å². The topological polar surface area (TPSA) is 69.7 Å². The van der Waals surface area contributed by atoms with Crippen LogP contribution in [0.15, 0.2) is 24.3 Å². The molecule has 1 aromatic rings. The third-order valence-electron chi connectivity index (χ3n) is 6.30. The number of nitrogens with one attached hydrogen (secondary N) is 1. The van der Waals surface area contributed by atoms with Gasteiger partial charge in [-0.1, -0.05) is 24.3 Å². The van der Waals surface area contributed by atoms with Gasteiger partial charge in [0, 0.05) is 45.4 Å². The molecular weight excluding hydrogens is 342 g/mol. The Kier molecular flexibility index (Phi) is 5.00. The summed E-state index contributed by atoms with van der Waals surface area (Å²) in [5.41, 5.74) is 2.57. The fourth-order valence-electron chi connectivity index (χ4n) is 4.75. The third-order valence-corrected chi connectivity index (χ3v) is 6.30. The molecule has 4 rings (SSSR count). The number of carbonyl (C=O) groups is 3. The van der Waals surface area contributed by atoms with Crippen LogP contribution in [0.5, 0.6) is 0 Å². The Hall–Kier alpha value is -2.21. The van der Waals surface area contributed by atoms with Crippen molar-refractivity contribution in [1.29, 1.82) is 0 Å². The quantitative estimate of drug-likeness (QED) is 0.822. The van der Waals surface area contributed by atoms with E-state index in [0.29, 0.717) is 32.4 Å². The molecule has 2 fully saturated rings. The largest absolute Gasteiger partial charge is 0.343 e. The molecular formula is C21H27N3O3. The number of imide groups is 1. The summed E-state index contributed by atoms with van der Waals surface area (Å²) in [6.45, 7) is 4.22. The summed E-state index contributed by atoms with van der Waals surface area (Å²) in [5.74, 6) is -0.136. The van der Waals surface area contributed by atoms with Gasteiger partial charge in [-0.2, -0.15) is 0 Å². The van der Waals surface area contributed by atoms with Crippen LogP contribution in [0.25, 0.3) is 0 Å². The van der Waals surface area contributed by atoms with Gasteiger partial charge in [-0.05, 0) is 42.3 Å². The number of fused-ring (bicyclic) bond motifs is 1. The molecule has 0 bridgehead atoms. The fraction of sp³-hybridized carbons (Fsp3) is 0.571. The van der Waals surface area contributed by atoms with Gasteiger partial charge in [0.15, 0.2) is 0 Å². The van der Waals surface area contributed by atoms with Gasteiger partial charge in [0.1, 0.15) is 0 Å². The first-order valence-corrected chi connectivity index (χ1v) is 9.93. The summed E-state index contributed by atoms with van der Waals surface area (Å²) in [7, 11) is 0. The van der Waals surface area contributed by atoms with Crippen LogP contribution in [0, 0.1) is 5.41 Å². The normalized spacial score (nSPS) is 22.0. The van der Waals surface area contributed by atoms with Gasteiger partial charge in [-0.25, -0.2) is 0 Å². The first kappa shape index (κ1) is 18.2. The molecule has 1 spiro atoms. The van der Waals surface area contributed by atoms with E-state index in [-0.39, 0.29) is 23.1 Å². The summed E-state index contributed by atoms with van der Waals surface area (Å²) >= 11 is 0. The van der Waals surface area contributed by atoms with E-state index >= 15 is 0 Å². The van der Waals surface area contributed by atoms with Gasteiger partial charge in [0.2, 0.25) is 17.7 Å². The summed E-state index contributed by atoms with van der Waals surface area (Å²) < 4.78 is 0. The number of carbonyl (C=O) groups excluding carboxylic acids is 3. The van der Waals surface area contributed by atoms with Crippen molar-refractivity contribution in [1.82, 2.24) is 15.1 Å². The smallest absolute Gasteiger partial charge is 0.227 e. The summed E-state index contributed by atoms with van der Waals surface area (Å²) in [6.07, 6.45) is 3.76. The minimum Gasteiger partial charge on any atom is -0.343 e. The Bertz CT molecular complexity index is 710. The highest BCUT2D eigenvalue weighted by Crippen LogP contribution is 2.40. The Labute approximate surface area is 159 Å². The van der Waals surface area contributed by atoms with Gasteiger partial charge in [-0.3, -0.25) is 24.6 Å². The summed E-state index contributed by atoms with van der Waals surface area (Å²) in [6, 6.07) is 8.53. The molecule has 0 aliphatic carbocycles. The van der Waals surface area contributed by atoms with Crippen molar-refractivity contribution >= 4 is 17.7 Å². The zero-order valence-electron chi connectivity index (χ0n) is 15.7. The Morgan fingerprint density at radius 2 is 1.59 bits per heavy atom. The second-order valence-electron chi connectivity index (χ2n) is 8.29. The SMILES string of the molecule is O=C1CC2(CCN(C(=O)CCCN3Cc4ccccc4C3)CC2)CC(=O)N1. The number of hydrogen-bond donors (Lipinski definition) is 1. The number of benzene rings is 1. The highest BCUT2D eigenvalue weighted by atomic mass is 16.2. The molecule has 144 valence electrons. The van der Waals surface area contributed by atoms with Gasteiger partial charge in [-0.15, -0.1) is 0 Å². The lowest BCUT2D eigenvalue weighted by Crippen LogP contribution is -2.50. The molecule has 27 heavy (non-hydrogen) atoms. The first-order chi connectivity index (χ1) is 13.0. The maximum absolute atomic E-state index is 12.6. The fourth-order valence-corrected chi connectivity index (χ4v) is 4.75. The molecule has 0 atom stereocenters.